The number of fused-ring (bicyclic) bond motifs is 1. The average molecular weight is 515 g/mol. The molecule has 0 aliphatic rings. The minimum Gasteiger partial charge on any atom is -0.462 e. The Labute approximate surface area is 222 Å². The van der Waals surface area contributed by atoms with Gasteiger partial charge in [0.05, 0.1) is 6.61 Å². The number of hydrogen-bond donors (Lipinski definition) is 1. The Morgan fingerprint density at radius 2 is 1.86 bits per heavy atom. The highest BCUT2D eigenvalue weighted by Crippen LogP contribution is 2.37. The number of anilines is 1. The number of amides is 1. The number of rotatable bonds is 9. The van der Waals surface area contributed by atoms with Gasteiger partial charge >= 0.3 is 5.97 Å². The van der Waals surface area contributed by atoms with E-state index in [0.29, 0.717) is 28.7 Å². The molecule has 0 bridgehead atoms. The SMILES string of the molecule is C=CCn1c(C(=O)Nc2scc(-c3ccc(CC)cc3)c2C(=O)OCC)c(C)c2cc(C(C)C)ccc21. The highest BCUT2D eigenvalue weighted by molar-refractivity contribution is 7.15. The standard InChI is InChI=1S/C31H34N2O3S/c1-7-16-33-26-15-14-23(19(4)5)17-24(26)20(6)28(33)29(34)32-30-27(31(35)36-9-3)25(18-37-30)22-12-10-21(8-2)11-13-22/h7,10-15,17-19H,1,8-9,16H2,2-6H3,(H,32,34). The average Bonchev–Trinajstić information content (AvgIpc) is 3.43. The van der Waals surface area contributed by atoms with E-state index in [1.54, 1.807) is 13.0 Å². The molecule has 5 nitrogen and oxygen atoms in total. The second-order valence-corrected chi connectivity index (χ2v) is 10.3. The normalized spacial score (nSPS) is 11.2. The summed E-state index contributed by atoms with van der Waals surface area (Å²) in [5.74, 6) is -0.327. The molecule has 4 aromatic rings. The zero-order valence-corrected chi connectivity index (χ0v) is 23.0. The molecular weight excluding hydrogens is 480 g/mol. The molecule has 6 heteroatoms. The molecular formula is C31H34N2O3S. The van der Waals surface area contributed by atoms with Crippen LogP contribution in [0.3, 0.4) is 0 Å². The molecule has 0 fully saturated rings. The number of benzene rings is 2. The molecule has 0 atom stereocenters. The minimum absolute atomic E-state index is 0.251. The van der Waals surface area contributed by atoms with E-state index in [-0.39, 0.29) is 12.5 Å². The fourth-order valence-electron chi connectivity index (χ4n) is 4.66. The number of aromatic nitrogens is 1. The minimum atomic E-state index is -0.446. The fourth-order valence-corrected chi connectivity index (χ4v) is 5.61. The molecule has 2 aromatic carbocycles. The third kappa shape index (κ3) is 5.12. The topological polar surface area (TPSA) is 60.3 Å². The van der Waals surface area contributed by atoms with Crippen LogP contribution in [0.2, 0.25) is 0 Å². The number of thiophene rings is 1. The van der Waals surface area contributed by atoms with E-state index in [1.165, 1.54) is 22.5 Å². The van der Waals surface area contributed by atoms with Gasteiger partial charge in [-0.3, -0.25) is 4.79 Å². The highest BCUT2D eigenvalue weighted by Gasteiger charge is 2.26. The summed E-state index contributed by atoms with van der Waals surface area (Å²) < 4.78 is 7.37. The lowest BCUT2D eigenvalue weighted by Crippen LogP contribution is -2.19. The molecule has 0 radical (unpaired) electrons. The van der Waals surface area contributed by atoms with E-state index in [9.17, 15) is 9.59 Å². The van der Waals surface area contributed by atoms with E-state index < -0.39 is 5.97 Å². The number of nitrogens with one attached hydrogen (secondary N) is 1. The van der Waals surface area contributed by atoms with Crippen molar-refractivity contribution in [3.63, 3.8) is 0 Å². The Balaban J connectivity index is 1.79. The Kier molecular flexibility index (Phi) is 7.98. The van der Waals surface area contributed by atoms with Gasteiger partial charge in [-0.05, 0) is 60.6 Å². The lowest BCUT2D eigenvalue weighted by molar-refractivity contribution is 0.0529. The van der Waals surface area contributed by atoms with Gasteiger partial charge in [-0.25, -0.2) is 4.79 Å². The zero-order chi connectivity index (χ0) is 26.7. The molecule has 2 heterocycles. The van der Waals surface area contributed by atoms with Crippen molar-refractivity contribution in [3.8, 4) is 11.1 Å². The van der Waals surface area contributed by atoms with Gasteiger partial charge in [0.2, 0.25) is 0 Å². The summed E-state index contributed by atoms with van der Waals surface area (Å²) in [4.78, 5) is 26.8. The molecule has 1 amide bonds. The van der Waals surface area contributed by atoms with Crippen LogP contribution in [0.25, 0.3) is 22.0 Å². The van der Waals surface area contributed by atoms with Crippen LogP contribution in [-0.2, 0) is 17.7 Å². The van der Waals surface area contributed by atoms with Crippen LogP contribution in [0.5, 0.6) is 0 Å². The van der Waals surface area contributed by atoms with E-state index in [2.05, 4.69) is 63.0 Å². The molecule has 0 unspecified atom stereocenters. The quantitative estimate of drug-likeness (QED) is 0.182. The second-order valence-electron chi connectivity index (χ2n) is 9.38. The lowest BCUT2D eigenvalue weighted by Gasteiger charge is -2.12. The molecule has 37 heavy (non-hydrogen) atoms. The lowest BCUT2D eigenvalue weighted by atomic mass is 10.0. The van der Waals surface area contributed by atoms with Gasteiger partial charge in [0.15, 0.2) is 0 Å². The molecule has 0 aliphatic carbocycles. The zero-order valence-electron chi connectivity index (χ0n) is 22.2. The Hall–Kier alpha value is -3.64. The molecule has 2 aromatic heterocycles. The van der Waals surface area contributed by atoms with Crippen LogP contribution in [0.1, 0.15) is 71.1 Å². The third-order valence-electron chi connectivity index (χ3n) is 6.70. The van der Waals surface area contributed by atoms with Crippen molar-refractivity contribution >= 4 is 39.1 Å². The smallest absolute Gasteiger partial charge is 0.341 e. The van der Waals surface area contributed by atoms with E-state index in [1.807, 2.05) is 29.0 Å². The summed E-state index contributed by atoms with van der Waals surface area (Å²) in [6, 6.07) is 14.5. The van der Waals surface area contributed by atoms with Crippen LogP contribution in [0.4, 0.5) is 5.00 Å². The van der Waals surface area contributed by atoms with Gasteiger partial charge in [0.1, 0.15) is 16.3 Å². The summed E-state index contributed by atoms with van der Waals surface area (Å²) >= 11 is 1.33. The fraction of sp³-hybridized carbons (Fsp3) is 0.290. The maximum absolute atomic E-state index is 13.8. The van der Waals surface area contributed by atoms with Crippen molar-refractivity contribution in [2.24, 2.45) is 0 Å². The summed E-state index contributed by atoms with van der Waals surface area (Å²) in [7, 11) is 0. The number of hydrogen-bond acceptors (Lipinski definition) is 4. The van der Waals surface area contributed by atoms with Crippen molar-refractivity contribution in [1.82, 2.24) is 4.57 Å². The van der Waals surface area contributed by atoms with Crippen LogP contribution in [-0.4, -0.2) is 23.1 Å². The van der Waals surface area contributed by atoms with Crippen LogP contribution in [0.15, 0.2) is 60.5 Å². The monoisotopic (exact) mass is 514 g/mol. The molecule has 0 spiro atoms. The van der Waals surface area contributed by atoms with Crippen LogP contribution < -0.4 is 5.32 Å². The van der Waals surface area contributed by atoms with E-state index in [4.69, 9.17) is 4.74 Å². The first-order chi connectivity index (χ1) is 17.8. The van der Waals surface area contributed by atoms with Gasteiger partial charge in [-0.1, -0.05) is 57.2 Å². The first-order valence-corrected chi connectivity index (χ1v) is 13.6. The van der Waals surface area contributed by atoms with Crippen molar-refractivity contribution in [3.05, 3.63) is 88.4 Å². The van der Waals surface area contributed by atoms with Crippen molar-refractivity contribution < 1.29 is 14.3 Å². The molecule has 4 rings (SSSR count). The van der Waals surface area contributed by atoms with Crippen molar-refractivity contribution in [1.29, 1.82) is 0 Å². The number of carbonyl (C=O) groups is 2. The maximum Gasteiger partial charge on any atom is 0.341 e. The van der Waals surface area contributed by atoms with Gasteiger partial charge in [0.25, 0.3) is 5.91 Å². The number of esters is 1. The number of aryl methyl sites for hydroxylation is 2. The summed E-state index contributed by atoms with van der Waals surface area (Å²) in [5.41, 5.74) is 6.95. The van der Waals surface area contributed by atoms with Crippen LogP contribution in [0, 0.1) is 6.92 Å². The predicted octanol–water partition coefficient (Wildman–Crippen LogP) is 7.98. The summed E-state index contributed by atoms with van der Waals surface area (Å²) in [6.45, 7) is 14.8. The van der Waals surface area contributed by atoms with Gasteiger partial charge < -0.3 is 14.6 Å². The Bertz CT molecular complexity index is 1460. The first kappa shape index (κ1) is 26.4. The number of carbonyl (C=O) groups excluding carboxylic acids is 2. The van der Waals surface area contributed by atoms with Crippen LogP contribution >= 0.6 is 11.3 Å². The van der Waals surface area contributed by atoms with Crippen molar-refractivity contribution in [2.45, 2.75) is 53.5 Å². The summed E-state index contributed by atoms with van der Waals surface area (Å²) in [6.07, 6.45) is 2.73. The number of ether oxygens (including phenoxy) is 1. The Morgan fingerprint density at radius 3 is 2.49 bits per heavy atom. The first-order valence-electron chi connectivity index (χ1n) is 12.7. The Morgan fingerprint density at radius 1 is 1.14 bits per heavy atom. The van der Waals surface area contributed by atoms with E-state index in [0.717, 1.165) is 34.0 Å². The second kappa shape index (κ2) is 11.2. The number of nitrogens with zero attached hydrogens (tertiary/aromatic N) is 1. The molecule has 0 aliphatic heterocycles. The van der Waals surface area contributed by atoms with Crippen molar-refractivity contribution in [2.75, 3.05) is 11.9 Å². The van der Waals surface area contributed by atoms with Gasteiger partial charge in [0, 0.05) is 28.4 Å². The highest BCUT2D eigenvalue weighted by atomic mass is 32.1. The largest absolute Gasteiger partial charge is 0.462 e. The molecule has 192 valence electrons. The molecule has 0 saturated heterocycles. The van der Waals surface area contributed by atoms with Gasteiger partial charge in [-0.15, -0.1) is 17.9 Å². The molecule has 0 saturated carbocycles. The van der Waals surface area contributed by atoms with Gasteiger partial charge in [-0.2, -0.15) is 0 Å². The third-order valence-corrected chi connectivity index (χ3v) is 7.60. The molecule has 1 N–H and O–H groups in total. The summed E-state index contributed by atoms with van der Waals surface area (Å²) in [5, 5.41) is 6.48. The number of allylic oxidation sites excluding steroid dienone is 1. The predicted molar refractivity (Wildman–Crippen MR) is 154 cm³/mol. The maximum atomic E-state index is 13.8. The van der Waals surface area contributed by atoms with E-state index >= 15 is 0 Å².